The summed E-state index contributed by atoms with van der Waals surface area (Å²) in [6.45, 7) is -0.595. The zero-order chi connectivity index (χ0) is 18.5. The molecule has 0 radical (unpaired) electrons. The average Bonchev–Trinajstić information content (AvgIpc) is 2.54. The summed E-state index contributed by atoms with van der Waals surface area (Å²) in [4.78, 5) is 23.6. The predicted molar refractivity (Wildman–Crippen MR) is 80.7 cm³/mol. The summed E-state index contributed by atoms with van der Waals surface area (Å²) in [5.74, 6) is -1.93. The largest absolute Gasteiger partial charge is 0.573 e. The Morgan fingerprint density at radius 1 is 1.12 bits per heavy atom. The van der Waals surface area contributed by atoms with Gasteiger partial charge >= 0.3 is 12.3 Å². The highest BCUT2D eigenvalue weighted by molar-refractivity contribution is 5.93. The van der Waals surface area contributed by atoms with Gasteiger partial charge in [-0.3, -0.25) is 4.79 Å². The summed E-state index contributed by atoms with van der Waals surface area (Å²) in [5.41, 5.74) is -1.33. The van der Waals surface area contributed by atoms with Crippen LogP contribution >= 0.6 is 0 Å². The normalized spacial score (nSPS) is 16.8. The molecule has 1 amide bonds. The van der Waals surface area contributed by atoms with E-state index in [4.69, 9.17) is 4.74 Å². The monoisotopic (exact) mass is 361 g/mol. The Hall–Kier alpha value is -2.29. The molecule has 0 aliphatic heterocycles. The fourth-order valence-electron chi connectivity index (χ4n) is 2.54. The fourth-order valence-corrected chi connectivity index (χ4v) is 2.54. The van der Waals surface area contributed by atoms with Crippen molar-refractivity contribution in [3.63, 3.8) is 0 Å². The van der Waals surface area contributed by atoms with Gasteiger partial charge in [-0.25, -0.2) is 4.79 Å². The molecule has 0 bridgehead atoms. The van der Waals surface area contributed by atoms with Gasteiger partial charge in [0.25, 0.3) is 5.91 Å². The van der Waals surface area contributed by atoms with Crippen molar-refractivity contribution in [2.75, 3.05) is 11.9 Å². The summed E-state index contributed by atoms with van der Waals surface area (Å²) in [6.07, 6.45) is -1.83. The molecule has 0 atom stereocenters. The lowest BCUT2D eigenvalue weighted by Crippen LogP contribution is -2.42. The summed E-state index contributed by atoms with van der Waals surface area (Å²) >= 11 is 0. The Labute approximate surface area is 141 Å². The van der Waals surface area contributed by atoms with Crippen LogP contribution in [0, 0.1) is 0 Å². The van der Waals surface area contributed by atoms with Gasteiger partial charge < -0.3 is 19.9 Å². The minimum Gasteiger partial charge on any atom is -0.453 e. The molecule has 1 aromatic rings. The van der Waals surface area contributed by atoms with Crippen LogP contribution in [0.1, 0.15) is 32.1 Å². The molecule has 138 valence electrons. The van der Waals surface area contributed by atoms with E-state index in [-0.39, 0.29) is 5.69 Å². The number of carbonyl (C=O) groups excluding carboxylic acids is 2. The Bertz CT molecular complexity index is 609. The number of alkyl halides is 3. The zero-order valence-corrected chi connectivity index (χ0v) is 13.3. The molecule has 0 saturated heterocycles. The van der Waals surface area contributed by atoms with Crippen LogP contribution in [0.15, 0.2) is 24.3 Å². The lowest BCUT2D eigenvalue weighted by atomic mass is 9.85. The highest BCUT2D eigenvalue weighted by Crippen LogP contribution is 2.29. The lowest BCUT2D eigenvalue weighted by Gasteiger charge is -2.29. The van der Waals surface area contributed by atoms with E-state index in [9.17, 15) is 27.9 Å². The van der Waals surface area contributed by atoms with Gasteiger partial charge in [-0.1, -0.05) is 6.42 Å². The molecular formula is C16H18F3NO5. The third kappa shape index (κ3) is 5.93. The van der Waals surface area contributed by atoms with Crippen molar-refractivity contribution in [1.82, 2.24) is 0 Å². The number of hydrogen-bond donors (Lipinski definition) is 2. The smallest absolute Gasteiger partial charge is 0.453 e. The molecule has 2 rings (SSSR count). The molecule has 1 aliphatic rings. The first-order valence-corrected chi connectivity index (χ1v) is 7.73. The van der Waals surface area contributed by atoms with Crippen LogP contribution in [0.5, 0.6) is 5.75 Å². The number of esters is 1. The zero-order valence-electron chi connectivity index (χ0n) is 13.3. The Balaban J connectivity index is 1.81. The second kappa shape index (κ2) is 7.73. The molecule has 0 spiro atoms. The summed E-state index contributed by atoms with van der Waals surface area (Å²) in [5, 5.41) is 12.5. The van der Waals surface area contributed by atoms with E-state index in [1.54, 1.807) is 0 Å². The van der Waals surface area contributed by atoms with E-state index in [1.165, 1.54) is 12.1 Å². The molecule has 9 heteroatoms. The minimum absolute atomic E-state index is 0.215. The van der Waals surface area contributed by atoms with Crippen molar-refractivity contribution in [2.45, 2.75) is 44.1 Å². The molecule has 0 heterocycles. The van der Waals surface area contributed by atoms with Crippen molar-refractivity contribution < 1.29 is 37.3 Å². The maximum absolute atomic E-state index is 12.1. The Kier molecular flexibility index (Phi) is 5.89. The van der Waals surface area contributed by atoms with E-state index in [1.807, 2.05) is 0 Å². The van der Waals surface area contributed by atoms with Gasteiger partial charge in [-0.2, -0.15) is 0 Å². The Morgan fingerprint density at radius 3 is 2.28 bits per heavy atom. The summed E-state index contributed by atoms with van der Waals surface area (Å²) < 4.78 is 44.7. The van der Waals surface area contributed by atoms with Crippen LogP contribution in [0.2, 0.25) is 0 Å². The molecule has 6 nitrogen and oxygen atoms in total. The van der Waals surface area contributed by atoms with Gasteiger partial charge in [-0.15, -0.1) is 13.2 Å². The predicted octanol–water partition coefficient (Wildman–Crippen LogP) is 2.76. The first-order valence-electron chi connectivity index (χ1n) is 7.73. The lowest BCUT2D eigenvalue weighted by molar-refractivity contribution is -0.274. The van der Waals surface area contributed by atoms with Gasteiger partial charge in [0, 0.05) is 5.69 Å². The Morgan fingerprint density at radius 2 is 1.72 bits per heavy atom. The van der Waals surface area contributed by atoms with Crippen LogP contribution in [0.4, 0.5) is 18.9 Å². The highest BCUT2D eigenvalue weighted by atomic mass is 19.4. The maximum Gasteiger partial charge on any atom is 0.573 e. The van der Waals surface area contributed by atoms with Crippen LogP contribution in [0.3, 0.4) is 0 Å². The second-order valence-electron chi connectivity index (χ2n) is 5.79. The molecule has 0 unspecified atom stereocenters. The van der Waals surface area contributed by atoms with Crippen molar-refractivity contribution in [3.8, 4) is 5.75 Å². The van der Waals surface area contributed by atoms with E-state index < -0.39 is 36.2 Å². The number of rotatable bonds is 5. The van der Waals surface area contributed by atoms with Gasteiger partial charge in [0.1, 0.15) is 5.75 Å². The summed E-state index contributed by atoms with van der Waals surface area (Å²) in [6, 6.07) is 4.52. The molecule has 1 aliphatic carbocycles. The molecule has 1 saturated carbocycles. The molecule has 1 fully saturated rings. The number of carbonyl (C=O) groups is 2. The molecule has 2 N–H and O–H groups in total. The number of anilines is 1. The summed E-state index contributed by atoms with van der Waals surface area (Å²) in [7, 11) is 0. The quantitative estimate of drug-likeness (QED) is 0.788. The average molecular weight is 361 g/mol. The first kappa shape index (κ1) is 19.0. The van der Waals surface area contributed by atoms with E-state index in [2.05, 4.69) is 10.1 Å². The minimum atomic E-state index is -4.79. The third-order valence-electron chi connectivity index (χ3n) is 3.77. The van der Waals surface area contributed by atoms with Crippen molar-refractivity contribution in [1.29, 1.82) is 0 Å². The van der Waals surface area contributed by atoms with Gasteiger partial charge in [0.15, 0.2) is 12.2 Å². The molecule has 1 aromatic carbocycles. The maximum atomic E-state index is 12.1. The standard InChI is InChI=1S/C16H18F3NO5/c17-16(18,19)25-12-6-4-11(5-7-12)20-13(21)10-24-14(22)15(23)8-2-1-3-9-15/h4-7,23H,1-3,8-10H2,(H,20,21). The number of aliphatic hydroxyl groups is 1. The van der Waals surface area contributed by atoms with Gasteiger partial charge in [0.05, 0.1) is 0 Å². The van der Waals surface area contributed by atoms with Crippen LogP contribution in [0.25, 0.3) is 0 Å². The molecular weight excluding hydrogens is 343 g/mol. The van der Waals surface area contributed by atoms with Crippen LogP contribution in [-0.4, -0.2) is 35.6 Å². The van der Waals surface area contributed by atoms with Gasteiger partial charge in [-0.05, 0) is 49.9 Å². The van der Waals surface area contributed by atoms with Crippen molar-refractivity contribution >= 4 is 17.6 Å². The first-order chi connectivity index (χ1) is 11.7. The number of halogens is 3. The van der Waals surface area contributed by atoms with Gasteiger partial charge in [0.2, 0.25) is 0 Å². The van der Waals surface area contributed by atoms with E-state index in [0.717, 1.165) is 18.6 Å². The molecule has 0 aromatic heterocycles. The topological polar surface area (TPSA) is 84.9 Å². The number of ether oxygens (including phenoxy) is 2. The fraction of sp³-hybridized carbons (Fsp3) is 0.500. The van der Waals surface area contributed by atoms with Crippen LogP contribution < -0.4 is 10.1 Å². The second-order valence-corrected chi connectivity index (χ2v) is 5.79. The van der Waals surface area contributed by atoms with E-state index >= 15 is 0 Å². The number of nitrogens with one attached hydrogen (secondary N) is 1. The molecule has 25 heavy (non-hydrogen) atoms. The van der Waals surface area contributed by atoms with Crippen molar-refractivity contribution in [2.24, 2.45) is 0 Å². The number of amides is 1. The SMILES string of the molecule is O=C(COC(=O)C1(O)CCCCC1)Nc1ccc(OC(F)(F)F)cc1. The number of hydrogen-bond acceptors (Lipinski definition) is 5. The number of benzene rings is 1. The third-order valence-corrected chi connectivity index (χ3v) is 3.77. The highest BCUT2D eigenvalue weighted by Gasteiger charge is 2.38. The van der Waals surface area contributed by atoms with Crippen LogP contribution in [-0.2, 0) is 14.3 Å². The van der Waals surface area contributed by atoms with E-state index in [0.29, 0.717) is 25.7 Å². The van der Waals surface area contributed by atoms with Crippen molar-refractivity contribution in [3.05, 3.63) is 24.3 Å².